The highest BCUT2D eigenvalue weighted by atomic mass is 19.3. The summed E-state index contributed by atoms with van der Waals surface area (Å²) < 4.78 is 55.7. The maximum atomic E-state index is 13.9. The van der Waals surface area contributed by atoms with E-state index >= 15 is 0 Å². The summed E-state index contributed by atoms with van der Waals surface area (Å²) in [5.41, 5.74) is 4.24. The molecular weight excluding hydrogens is 777 g/mol. The SMILES string of the molecule is CC(C)(C)C(c1ncc(-c2ccc(-c3ccc(-c4cnc([C@@H](N(CCO)C(=O)C5CCC(F)(F)CC5)C(C)(C)C)[nH]4)cc3)cc2)[nH]1)N(CCO)C(=O)C1CCC(F)(F)CC1. The number of alkyl halides is 4. The van der Waals surface area contributed by atoms with Crippen LogP contribution in [0.3, 0.4) is 0 Å². The number of benzene rings is 2. The van der Waals surface area contributed by atoms with Gasteiger partial charge in [-0.25, -0.2) is 27.5 Å². The number of hydrogen-bond donors (Lipinski definition) is 4. The molecule has 2 saturated carbocycles. The number of aliphatic hydroxyl groups is 2. The summed E-state index contributed by atoms with van der Waals surface area (Å²) >= 11 is 0. The van der Waals surface area contributed by atoms with Gasteiger partial charge in [-0.1, -0.05) is 90.1 Å². The van der Waals surface area contributed by atoms with E-state index in [9.17, 15) is 37.4 Å². The number of nitrogens with zero attached hydrogens (tertiary/aromatic N) is 4. The number of carbonyl (C=O) groups excluding carboxylic acids is 2. The van der Waals surface area contributed by atoms with Gasteiger partial charge in [-0.05, 0) is 58.8 Å². The summed E-state index contributed by atoms with van der Waals surface area (Å²) in [5.74, 6) is -5.93. The fourth-order valence-electron chi connectivity index (χ4n) is 8.97. The Kier molecular flexibility index (Phi) is 13.3. The fraction of sp³-hybridized carbons (Fsp3) is 0.565. The van der Waals surface area contributed by atoms with Crippen molar-refractivity contribution >= 4 is 11.8 Å². The molecule has 0 aliphatic heterocycles. The van der Waals surface area contributed by atoms with Crippen LogP contribution in [0.15, 0.2) is 60.9 Å². The number of carbonyl (C=O) groups is 2. The Bertz CT molecular complexity index is 1900. The lowest BCUT2D eigenvalue weighted by Gasteiger charge is -2.41. The number of aromatic amines is 2. The zero-order valence-electron chi connectivity index (χ0n) is 35.6. The molecule has 1 unspecified atom stereocenters. The van der Waals surface area contributed by atoms with Crippen LogP contribution in [-0.4, -0.2) is 89.9 Å². The minimum Gasteiger partial charge on any atom is -0.395 e. The molecule has 2 aromatic heterocycles. The van der Waals surface area contributed by atoms with Crippen LogP contribution in [0.1, 0.15) is 117 Å². The highest BCUT2D eigenvalue weighted by Gasteiger charge is 2.44. The number of aliphatic hydroxyl groups excluding tert-OH is 2. The van der Waals surface area contributed by atoms with Gasteiger partial charge >= 0.3 is 0 Å². The van der Waals surface area contributed by atoms with Gasteiger partial charge in [0.15, 0.2) is 0 Å². The molecule has 6 rings (SSSR count). The zero-order chi connectivity index (χ0) is 43.6. The molecule has 2 aromatic carbocycles. The first-order valence-corrected chi connectivity index (χ1v) is 21.1. The molecule has 2 aliphatic carbocycles. The van der Waals surface area contributed by atoms with Crippen molar-refractivity contribution in [2.24, 2.45) is 22.7 Å². The number of amides is 2. The minimum absolute atomic E-state index is 0.0637. The molecule has 2 atom stereocenters. The van der Waals surface area contributed by atoms with Crippen LogP contribution in [0.2, 0.25) is 0 Å². The van der Waals surface area contributed by atoms with Gasteiger partial charge in [-0.3, -0.25) is 9.59 Å². The first-order chi connectivity index (χ1) is 28.2. The number of rotatable bonds is 13. The Balaban J connectivity index is 1.17. The molecule has 326 valence electrons. The van der Waals surface area contributed by atoms with Crippen LogP contribution in [0.4, 0.5) is 17.6 Å². The normalized spacial score (nSPS) is 18.5. The van der Waals surface area contributed by atoms with Crippen molar-refractivity contribution in [1.82, 2.24) is 29.7 Å². The summed E-state index contributed by atoms with van der Waals surface area (Å²) in [4.78, 5) is 47.0. The summed E-state index contributed by atoms with van der Waals surface area (Å²) in [6.45, 7) is 11.5. The maximum Gasteiger partial charge on any atom is 0.248 e. The standard InChI is InChI=1S/C46H60F4N6O4/c1-43(2,3)37(55(23-25-57)41(59)33-15-19-45(47,48)20-16-33)39-51-27-35(53-39)31-11-7-29(8-12-31)30-9-13-32(14-10-30)36-28-52-40(54-36)38(44(4,5)6)56(24-26-58)42(60)34-17-21-46(49,50)22-18-34/h7-14,27-28,33-34,37-38,57-58H,15-26H2,1-6H3,(H,51,53)(H,52,54)/t37-,38?/m1/s1. The number of imidazole rings is 2. The van der Waals surface area contributed by atoms with Crippen LogP contribution < -0.4 is 0 Å². The molecule has 14 heteroatoms. The van der Waals surface area contributed by atoms with Gasteiger partial charge in [0.25, 0.3) is 0 Å². The van der Waals surface area contributed by atoms with Crippen LogP contribution in [0.5, 0.6) is 0 Å². The van der Waals surface area contributed by atoms with Gasteiger partial charge in [0.05, 0.1) is 49.1 Å². The van der Waals surface area contributed by atoms with Gasteiger partial charge < -0.3 is 30.0 Å². The van der Waals surface area contributed by atoms with Crippen molar-refractivity contribution in [1.29, 1.82) is 0 Å². The fourth-order valence-corrected chi connectivity index (χ4v) is 8.97. The molecule has 2 heterocycles. The van der Waals surface area contributed by atoms with E-state index in [0.717, 1.165) is 33.6 Å². The lowest BCUT2D eigenvalue weighted by atomic mass is 9.82. The smallest absolute Gasteiger partial charge is 0.248 e. The molecule has 4 N–H and O–H groups in total. The second kappa shape index (κ2) is 17.8. The third-order valence-corrected chi connectivity index (χ3v) is 12.1. The molecule has 0 saturated heterocycles. The second-order valence-corrected chi connectivity index (χ2v) is 18.8. The predicted molar refractivity (Wildman–Crippen MR) is 223 cm³/mol. The number of aromatic nitrogens is 4. The third-order valence-electron chi connectivity index (χ3n) is 12.1. The molecule has 4 aromatic rings. The molecule has 0 bridgehead atoms. The molecule has 2 fully saturated rings. The quantitative estimate of drug-likeness (QED) is 0.0991. The molecule has 0 spiro atoms. The Hall–Kier alpha value is -4.56. The number of nitrogens with one attached hydrogen (secondary N) is 2. The lowest BCUT2D eigenvalue weighted by Crippen LogP contribution is -2.47. The first kappa shape index (κ1) is 45.0. The van der Waals surface area contributed by atoms with Crippen molar-refractivity contribution in [2.45, 2.75) is 117 Å². The third kappa shape index (κ3) is 10.3. The topological polar surface area (TPSA) is 138 Å². The van der Waals surface area contributed by atoms with Gasteiger partial charge in [-0.15, -0.1) is 0 Å². The molecule has 10 nitrogen and oxygen atoms in total. The van der Waals surface area contributed by atoms with E-state index < -0.39 is 46.6 Å². The van der Waals surface area contributed by atoms with Gasteiger partial charge in [-0.2, -0.15) is 0 Å². The molecule has 60 heavy (non-hydrogen) atoms. The second-order valence-electron chi connectivity index (χ2n) is 18.8. The van der Waals surface area contributed by atoms with E-state index in [2.05, 4.69) is 9.97 Å². The van der Waals surface area contributed by atoms with E-state index in [1.807, 2.05) is 90.1 Å². The predicted octanol–water partition coefficient (Wildman–Crippen LogP) is 9.60. The Labute approximate surface area is 350 Å². The van der Waals surface area contributed by atoms with Crippen molar-refractivity contribution < 1.29 is 37.4 Å². The summed E-state index contributed by atoms with van der Waals surface area (Å²) in [7, 11) is 0. The van der Waals surface area contributed by atoms with E-state index in [4.69, 9.17) is 9.97 Å². The van der Waals surface area contributed by atoms with Crippen LogP contribution in [-0.2, 0) is 9.59 Å². The van der Waals surface area contributed by atoms with Crippen LogP contribution in [0.25, 0.3) is 33.6 Å². The van der Waals surface area contributed by atoms with Crippen molar-refractivity contribution in [3.05, 3.63) is 72.6 Å². The largest absolute Gasteiger partial charge is 0.395 e. The van der Waals surface area contributed by atoms with Crippen LogP contribution >= 0.6 is 0 Å². The minimum atomic E-state index is -2.75. The summed E-state index contributed by atoms with van der Waals surface area (Å²) in [5, 5.41) is 19.9. The Morgan fingerprint density at radius 1 is 0.617 bits per heavy atom. The molecule has 2 aliphatic rings. The van der Waals surface area contributed by atoms with Crippen molar-refractivity contribution in [2.75, 3.05) is 26.3 Å². The van der Waals surface area contributed by atoms with Gasteiger partial charge in [0, 0.05) is 50.6 Å². The van der Waals surface area contributed by atoms with Gasteiger partial charge in [0.2, 0.25) is 23.7 Å². The molecule has 0 radical (unpaired) electrons. The number of hydrogen-bond acceptors (Lipinski definition) is 6. The summed E-state index contributed by atoms with van der Waals surface area (Å²) in [6, 6.07) is 14.9. The van der Waals surface area contributed by atoms with Crippen molar-refractivity contribution in [3.8, 4) is 33.6 Å². The highest BCUT2D eigenvalue weighted by molar-refractivity contribution is 5.80. The van der Waals surface area contributed by atoms with Gasteiger partial charge in [0.1, 0.15) is 11.6 Å². The average molecular weight is 837 g/mol. The van der Waals surface area contributed by atoms with E-state index in [1.54, 1.807) is 22.2 Å². The summed E-state index contributed by atoms with van der Waals surface area (Å²) in [6.07, 6.45) is 2.59. The van der Waals surface area contributed by atoms with E-state index in [0.29, 0.717) is 11.6 Å². The van der Waals surface area contributed by atoms with E-state index in [-0.39, 0.29) is 89.5 Å². The van der Waals surface area contributed by atoms with E-state index in [1.165, 1.54) is 0 Å². The molecular formula is C46H60F4N6O4. The molecule has 2 amide bonds. The highest BCUT2D eigenvalue weighted by Crippen LogP contribution is 2.44. The first-order valence-electron chi connectivity index (χ1n) is 21.1. The zero-order valence-corrected chi connectivity index (χ0v) is 35.6. The number of halogens is 4. The van der Waals surface area contributed by atoms with Crippen molar-refractivity contribution in [3.63, 3.8) is 0 Å². The van der Waals surface area contributed by atoms with Crippen LogP contribution in [0, 0.1) is 22.7 Å². The Morgan fingerprint density at radius 3 is 1.20 bits per heavy atom. The number of H-pyrrole nitrogens is 2. The Morgan fingerprint density at radius 2 is 0.917 bits per heavy atom. The maximum absolute atomic E-state index is 13.9. The lowest BCUT2D eigenvalue weighted by molar-refractivity contribution is -0.146. The monoisotopic (exact) mass is 836 g/mol. The average Bonchev–Trinajstić information content (AvgIpc) is 3.87.